The zero-order chi connectivity index (χ0) is 15.3. The zero-order valence-electron chi connectivity index (χ0n) is 12.3. The van der Waals surface area contributed by atoms with E-state index < -0.39 is 0 Å². The average molecular weight is 304 g/mol. The third-order valence-electron chi connectivity index (χ3n) is 4.12. The number of aromatic nitrogens is 2. The van der Waals surface area contributed by atoms with Crippen LogP contribution < -0.4 is 15.4 Å². The third-order valence-corrected chi connectivity index (χ3v) is 4.12. The summed E-state index contributed by atoms with van der Waals surface area (Å²) in [5, 5.41) is 0. The van der Waals surface area contributed by atoms with Crippen molar-refractivity contribution in [2.75, 3.05) is 31.3 Å². The molecule has 0 bridgehead atoms. The van der Waals surface area contributed by atoms with Gasteiger partial charge in [-0.05, 0) is 18.6 Å². The molecule has 0 radical (unpaired) electrons. The highest BCUT2D eigenvalue weighted by Gasteiger charge is 2.33. The minimum absolute atomic E-state index is 0.146. The fraction of sp³-hybridized carbons (Fsp3) is 0.467. The minimum Gasteiger partial charge on any atom is -0.473 e. The highest BCUT2D eigenvalue weighted by atomic mass is 19.1. The number of anilines is 1. The first kappa shape index (κ1) is 13.7. The highest BCUT2D eigenvalue weighted by molar-refractivity contribution is 5.82. The first-order valence-electron chi connectivity index (χ1n) is 7.37. The Labute approximate surface area is 127 Å². The van der Waals surface area contributed by atoms with E-state index in [1.54, 1.807) is 0 Å². The molecule has 0 unspecified atom stereocenters. The van der Waals surface area contributed by atoms with Gasteiger partial charge >= 0.3 is 0 Å². The van der Waals surface area contributed by atoms with Gasteiger partial charge in [0.15, 0.2) is 5.82 Å². The Hall–Kier alpha value is -1.99. The highest BCUT2D eigenvalue weighted by Crippen LogP contribution is 2.35. The molecule has 1 aromatic heterocycles. The summed E-state index contributed by atoms with van der Waals surface area (Å²) in [4.78, 5) is 11.3. The fourth-order valence-corrected chi connectivity index (χ4v) is 3.00. The molecule has 7 heteroatoms. The van der Waals surface area contributed by atoms with E-state index in [1.807, 2.05) is 6.92 Å². The maximum atomic E-state index is 13.8. The summed E-state index contributed by atoms with van der Waals surface area (Å²) in [7, 11) is 0. The van der Waals surface area contributed by atoms with Gasteiger partial charge in [-0.25, -0.2) is 14.4 Å². The molecular weight excluding hydrogens is 287 g/mol. The fourth-order valence-electron chi connectivity index (χ4n) is 3.00. The van der Waals surface area contributed by atoms with E-state index in [-0.39, 0.29) is 17.9 Å². The summed E-state index contributed by atoms with van der Waals surface area (Å²) in [5.41, 5.74) is 7.71. The van der Waals surface area contributed by atoms with Gasteiger partial charge in [0, 0.05) is 18.7 Å². The van der Waals surface area contributed by atoms with Crippen LogP contribution in [0.3, 0.4) is 0 Å². The summed E-state index contributed by atoms with van der Waals surface area (Å²) in [5.74, 6) is 0.779. The van der Waals surface area contributed by atoms with E-state index in [1.165, 1.54) is 12.1 Å². The molecule has 1 aromatic carbocycles. The van der Waals surface area contributed by atoms with Crippen molar-refractivity contribution >= 4 is 16.9 Å². The van der Waals surface area contributed by atoms with Gasteiger partial charge in [-0.1, -0.05) is 0 Å². The quantitative estimate of drug-likeness (QED) is 0.858. The molecule has 2 atom stereocenters. The number of halogens is 1. The number of hydrogen-bond donors (Lipinski definition) is 1. The van der Waals surface area contributed by atoms with E-state index in [2.05, 4.69) is 9.88 Å². The Bertz CT molecular complexity index is 737. The Morgan fingerprint density at radius 1 is 1.36 bits per heavy atom. The number of nitrogens with zero attached hydrogens (tertiary/aromatic N) is 3. The summed E-state index contributed by atoms with van der Waals surface area (Å²) in [6.07, 6.45) is 0. The summed E-state index contributed by atoms with van der Waals surface area (Å²) in [6.45, 7) is 4.32. The molecule has 0 aliphatic carbocycles. The predicted molar refractivity (Wildman–Crippen MR) is 79.5 cm³/mol. The van der Waals surface area contributed by atoms with Crippen molar-refractivity contribution in [3.63, 3.8) is 0 Å². The molecule has 116 valence electrons. The van der Waals surface area contributed by atoms with E-state index in [4.69, 9.17) is 20.2 Å². The van der Waals surface area contributed by atoms with Crippen LogP contribution in [-0.4, -0.2) is 42.4 Å². The van der Waals surface area contributed by atoms with E-state index in [0.717, 1.165) is 6.54 Å². The van der Waals surface area contributed by atoms with Crippen LogP contribution in [0.5, 0.6) is 5.88 Å². The van der Waals surface area contributed by atoms with Crippen molar-refractivity contribution in [1.29, 1.82) is 0 Å². The number of morpholine rings is 1. The second-order valence-corrected chi connectivity index (χ2v) is 5.74. The Kier molecular flexibility index (Phi) is 3.12. The number of rotatable bonds is 1. The lowest BCUT2D eigenvalue weighted by Gasteiger charge is -2.39. The lowest BCUT2D eigenvalue weighted by atomic mass is 10.1. The molecule has 2 aliphatic rings. The largest absolute Gasteiger partial charge is 0.473 e. The third kappa shape index (κ3) is 2.08. The SMILES string of the molecule is C[C@@H](N)c1cc(F)cc2nc3c(nc12)N1CCOC[C@H]1CO3. The standard InChI is InChI=1S/C15H17FN4O2/c1-8(17)11-4-9(16)5-12-13(11)19-14-15(18-12)22-7-10-6-21-3-2-20(10)14/h4-5,8,10H,2-3,6-7,17H2,1H3/t8-,10+/m1/s1. The molecule has 2 N–H and O–H groups in total. The Balaban J connectivity index is 1.92. The molecule has 0 saturated carbocycles. The number of ether oxygens (including phenoxy) is 2. The van der Waals surface area contributed by atoms with Crippen LogP contribution in [0.15, 0.2) is 12.1 Å². The lowest BCUT2D eigenvalue weighted by molar-refractivity contribution is 0.0686. The van der Waals surface area contributed by atoms with Crippen LogP contribution in [0, 0.1) is 5.82 Å². The average Bonchev–Trinajstić information content (AvgIpc) is 2.52. The molecule has 0 amide bonds. The van der Waals surface area contributed by atoms with E-state index >= 15 is 0 Å². The van der Waals surface area contributed by atoms with Crippen LogP contribution in [-0.2, 0) is 4.74 Å². The summed E-state index contributed by atoms with van der Waals surface area (Å²) in [6, 6.07) is 2.61. The molecule has 6 nitrogen and oxygen atoms in total. The summed E-state index contributed by atoms with van der Waals surface area (Å²) >= 11 is 0. The van der Waals surface area contributed by atoms with Gasteiger partial charge in [0.2, 0.25) is 0 Å². The molecule has 2 aliphatic heterocycles. The van der Waals surface area contributed by atoms with Crippen LogP contribution >= 0.6 is 0 Å². The van der Waals surface area contributed by atoms with Gasteiger partial charge in [-0.15, -0.1) is 0 Å². The van der Waals surface area contributed by atoms with Gasteiger partial charge in [0.05, 0.1) is 30.3 Å². The van der Waals surface area contributed by atoms with Crippen molar-refractivity contribution in [2.24, 2.45) is 5.73 Å². The second kappa shape index (κ2) is 5.03. The van der Waals surface area contributed by atoms with Gasteiger partial charge in [0.1, 0.15) is 12.4 Å². The lowest BCUT2D eigenvalue weighted by Crippen LogP contribution is -2.51. The zero-order valence-corrected chi connectivity index (χ0v) is 12.3. The first-order chi connectivity index (χ1) is 10.6. The van der Waals surface area contributed by atoms with Crippen LogP contribution in [0.1, 0.15) is 18.5 Å². The molecule has 4 rings (SSSR count). The van der Waals surface area contributed by atoms with Gasteiger partial charge in [-0.2, -0.15) is 0 Å². The van der Waals surface area contributed by atoms with Crippen molar-refractivity contribution in [2.45, 2.75) is 19.0 Å². The number of nitrogens with two attached hydrogens (primary N) is 1. The monoisotopic (exact) mass is 304 g/mol. The van der Waals surface area contributed by atoms with Crippen molar-refractivity contribution < 1.29 is 13.9 Å². The second-order valence-electron chi connectivity index (χ2n) is 5.74. The van der Waals surface area contributed by atoms with Crippen molar-refractivity contribution in [3.8, 4) is 5.88 Å². The Morgan fingerprint density at radius 2 is 2.23 bits per heavy atom. The number of fused-ring (bicyclic) bond motifs is 4. The smallest absolute Gasteiger partial charge is 0.258 e. The van der Waals surface area contributed by atoms with E-state index in [0.29, 0.717) is 48.1 Å². The van der Waals surface area contributed by atoms with Gasteiger partial charge in [-0.3, -0.25) is 0 Å². The Morgan fingerprint density at radius 3 is 3.05 bits per heavy atom. The van der Waals surface area contributed by atoms with Gasteiger partial charge in [0.25, 0.3) is 5.88 Å². The summed E-state index contributed by atoms with van der Waals surface area (Å²) < 4.78 is 24.9. The van der Waals surface area contributed by atoms with Gasteiger partial charge < -0.3 is 20.1 Å². The molecule has 1 fully saturated rings. The van der Waals surface area contributed by atoms with Crippen molar-refractivity contribution in [1.82, 2.24) is 9.97 Å². The first-order valence-corrected chi connectivity index (χ1v) is 7.37. The maximum absolute atomic E-state index is 13.8. The molecule has 0 spiro atoms. The molecule has 1 saturated heterocycles. The van der Waals surface area contributed by atoms with E-state index in [9.17, 15) is 4.39 Å². The normalized spacial score (nSPS) is 22.0. The van der Waals surface area contributed by atoms with Crippen LogP contribution in [0.2, 0.25) is 0 Å². The minimum atomic E-state index is -0.367. The predicted octanol–water partition coefficient (Wildman–Crippen LogP) is 1.39. The molecule has 22 heavy (non-hydrogen) atoms. The van der Waals surface area contributed by atoms with Crippen molar-refractivity contribution in [3.05, 3.63) is 23.5 Å². The van der Waals surface area contributed by atoms with Crippen LogP contribution in [0.4, 0.5) is 10.2 Å². The molecule has 3 heterocycles. The maximum Gasteiger partial charge on any atom is 0.258 e. The number of hydrogen-bond acceptors (Lipinski definition) is 6. The molecule has 2 aromatic rings. The topological polar surface area (TPSA) is 73.5 Å². The number of benzene rings is 1. The molecular formula is C15H17FN4O2. The van der Waals surface area contributed by atoms with Crippen LogP contribution in [0.25, 0.3) is 11.0 Å².